The van der Waals surface area contributed by atoms with Crippen LogP contribution >= 0.6 is 0 Å². The zero-order valence-electron chi connectivity index (χ0n) is 13.2. The largest absolute Gasteiger partial charge is 0.481 e. The summed E-state index contributed by atoms with van der Waals surface area (Å²) in [7, 11) is 0. The van der Waals surface area contributed by atoms with Crippen LogP contribution in [0.5, 0.6) is 0 Å². The van der Waals surface area contributed by atoms with Crippen molar-refractivity contribution in [2.24, 2.45) is 5.92 Å². The molecule has 0 aliphatic heterocycles. The highest BCUT2D eigenvalue weighted by Crippen LogP contribution is 2.26. The normalized spacial score (nSPS) is 14.0. The van der Waals surface area contributed by atoms with Crippen LogP contribution in [0.2, 0.25) is 0 Å². The van der Waals surface area contributed by atoms with Crippen molar-refractivity contribution in [1.29, 1.82) is 0 Å². The molecule has 122 valence electrons. The van der Waals surface area contributed by atoms with E-state index in [0.29, 0.717) is 5.56 Å². The molecule has 2 atom stereocenters. The topological polar surface area (TPSA) is 75.6 Å². The third-order valence-electron chi connectivity index (χ3n) is 3.18. The van der Waals surface area contributed by atoms with E-state index in [2.05, 4.69) is 5.32 Å². The van der Waals surface area contributed by atoms with Crippen LogP contribution in [0, 0.1) is 11.7 Å². The maximum absolute atomic E-state index is 13.8. The number of aliphatic carboxylic acids is 1. The van der Waals surface area contributed by atoms with Crippen LogP contribution in [0.1, 0.15) is 39.2 Å². The second-order valence-corrected chi connectivity index (χ2v) is 6.14. The van der Waals surface area contributed by atoms with E-state index < -0.39 is 35.3 Å². The smallest absolute Gasteiger partial charge is 0.407 e. The number of carbonyl (C=O) groups is 2. The highest BCUT2D eigenvalue weighted by Gasteiger charge is 2.28. The number of carboxylic acid groups (broad SMARTS) is 1. The third kappa shape index (κ3) is 5.35. The van der Waals surface area contributed by atoms with Crippen LogP contribution in [-0.2, 0) is 9.53 Å². The Morgan fingerprint density at radius 3 is 2.41 bits per heavy atom. The van der Waals surface area contributed by atoms with Gasteiger partial charge in [-0.1, -0.05) is 25.1 Å². The van der Waals surface area contributed by atoms with Crippen LogP contribution in [0.4, 0.5) is 9.18 Å². The van der Waals surface area contributed by atoms with Gasteiger partial charge in [-0.3, -0.25) is 4.79 Å². The van der Waals surface area contributed by atoms with Gasteiger partial charge in [-0.05, 0) is 38.3 Å². The molecule has 1 amide bonds. The molecule has 5 nitrogen and oxygen atoms in total. The van der Waals surface area contributed by atoms with Crippen molar-refractivity contribution in [2.75, 3.05) is 6.54 Å². The molecule has 1 rings (SSSR count). The average Bonchev–Trinajstić information content (AvgIpc) is 2.36. The van der Waals surface area contributed by atoms with E-state index in [1.165, 1.54) is 6.07 Å². The van der Waals surface area contributed by atoms with E-state index in [9.17, 15) is 19.1 Å². The van der Waals surface area contributed by atoms with Gasteiger partial charge in [0.2, 0.25) is 0 Å². The van der Waals surface area contributed by atoms with Crippen molar-refractivity contribution < 1.29 is 23.8 Å². The molecule has 0 saturated heterocycles. The quantitative estimate of drug-likeness (QED) is 0.876. The number of alkyl carbamates (subject to hydrolysis) is 1. The van der Waals surface area contributed by atoms with Gasteiger partial charge in [-0.25, -0.2) is 9.18 Å². The SMILES string of the molecule is CC(c1ccccc1F)C(CNC(=O)OC(C)(C)C)C(=O)O. The van der Waals surface area contributed by atoms with E-state index in [0.717, 1.165) is 0 Å². The number of benzene rings is 1. The summed E-state index contributed by atoms with van der Waals surface area (Å²) >= 11 is 0. The Morgan fingerprint density at radius 2 is 1.91 bits per heavy atom. The molecule has 0 aliphatic rings. The molecule has 2 unspecified atom stereocenters. The van der Waals surface area contributed by atoms with Gasteiger partial charge in [0.15, 0.2) is 0 Å². The Kier molecular flexibility index (Phi) is 5.91. The highest BCUT2D eigenvalue weighted by atomic mass is 19.1. The van der Waals surface area contributed by atoms with Crippen molar-refractivity contribution >= 4 is 12.1 Å². The van der Waals surface area contributed by atoms with Gasteiger partial charge >= 0.3 is 12.1 Å². The number of ether oxygens (including phenoxy) is 1. The average molecular weight is 311 g/mol. The summed E-state index contributed by atoms with van der Waals surface area (Å²) in [5, 5.41) is 11.8. The van der Waals surface area contributed by atoms with E-state index >= 15 is 0 Å². The Hall–Kier alpha value is -2.11. The Labute approximate surface area is 129 Å². The second-order valence-electron chi connectivity index (χ2n) is 6.14. The Balaban J connectivity index is 2.76. The zero-order valence-corrected chi connectivity index (χ0v) is 13.2. The van der Waals surface area contributed by atoms with Gasteiger partial charge in [0.05, 0.1) is 5.92 Å². The third-order valence-corrected chi connectivity index (χ3v) is 3.18. The summed E-state index contributed by atoms with van der Waals surface area (Å²) < 4.78 is 18.8. The molecule has 22 heavy (non-hydrogen) atoms. The summed E-state index contributed by atoms with van der Waals surface area (Å²) in [6.45, 7) is 6.61. The second kappa shape index (κ2) is 7.24. The van der Waals surface area contributed by atoms with E-state index in [1.54, 1.807) is 45.9 Å². The molecule has 0 aromatic heterocycles. The summed E-state index contributed by atoms with van der Waals surface area (Å²) in [6.07, 6.45) is -0.695. The number of carbonyl (C=O) groups excluding carboxylic acids is 1. The number of hydrogen-bond donors (Lipinski definition) is 2. The van der Waals surface area contributed by atoms with E-state index in [4.69, 9.17) is 4.74 Å². The Bertz CT molecular complexity index is 539. The minimum atomic E-state index is -1.10. The lowest BCUT2D eigenvalue weighted by molar-refractivity contribution is -0.142. The zero-order chi connectivity index (χ0) is 16.9. The number of rotatable bonds is 5. The van der Waals surface area contributed by atoms with Crippen molar-refractivity contribution in [3.63, 3.8) is 0 Å². The standard InChI is InChI=1S/C16H22FNO4/c1-10(11-7-5-6-8-13(11)17)12(14(19)20)9-18-15(21)22-16(2,3)4/h5-8,10,12H,9H2,1-4H3,(H,18,21)(H,19,20). The van der Waals surface area contributed by atoms with Crippen LogP contribution < -0.4 is 5.32 Å². The number of hydrogen-bond acceptors (Lipinski definition) is 3. The van der Waals surface area contributed by atoms with Gasteiger partial charge in [-0.15, -0.1) is 0 Å². The monoisotopic (exact) mass is 311 g/mol. The number of nitrogens with one attached hydrogen (secondary N) is 1. The predicted octanol–water partition coefficient (Wildman–Crippen LogP) is 3.15. The summed E-state index contributed by atoms with van der Waals surface area (Å²) in [4.78, 5) is 23.0. The maximum atomic E-state index is 13.8. The summed E-state index contributed by atoms with van der Waals surface area (Å²) in [5.74, 6) is -3.11. The van der Waals surface area contributed by atoms with E-state index in [-0.39, 0.29) is 6.54 Å². The molecule has 2 N–H and O–H groups in total. The molecule has 0 bridgehead atoms. The maximum Gasteiger partial charge on any atom is 0.407 e. The summed E-state index contributed by atoms with van der Waals surface area (Å²) in [5.41, 5.74) is -0.360. The van der Waals surface area contributed by atoms with Gasteiger partial charge in [-0.2, -0.15) is 0 Å². The fourth-order valence-electron chi connectivity index (χ4n) is 2.05. The first-order valence-corrected chi connectivity index (χ1v) is 7.06. The lowest BCUT2D eigenvalue weighted by Crippen LogP contribution is -2.38. The highest BCUT2D eigenvalue weighted by molar-refractivity contribution is 5.73. The molecule has 0 spiro atoms. The number of carboxylic acids is 1. The van der Waals surface area contributed by atoms with Crippen LogP contribution in [-0.4, -0.2) is 29.3 Å². The van der Waals surface area contributed by atoms with Crippen LogP contribution in [0.3, 0.4) is 0 Å². The minimum absolute atomic E-state index is 0.139. The number of halogens is 1. The fourth-order valence-corrected chi connectivity index (χ4v) is 2.05. The van der Waals surface area contributed by atoms with Gasteiger partial charge < -0.3 is 15.2 Å². The molecule has 1 aromatic rings. The van der Waals surface area contributed by atoms with Gasteiger partial charge in [0, 0.05) is 6.54 Å². The van der Waals surface area contributed by atoms with Crippen molar-refractivity contribution in [3.05, 3.63) is 35.6 Å². The molecule has 0 fully saturated rings. The molecule has 0 saturated carbocycles. The van der Waals surface area contributed by atoms with Crippen molar-refractivity contribution in [1.82, 2.24) is 5.32 Å². The summed E-state index contributed by atoms with van der Waals surface area (Å²) in [6, 6.07) is 6.02. The molecule has 1 aromatic carbocycles. The van der Waals surface area contributed by atoms with Crippen molar-refractivity contribution in [2.45, 2.75) is 39.2 Å². The molecule has 0 aliphatic carbocycles. The van der Waals surface area contributed by atoms with Gasteiger partial charge in [0.1, 0.15) is 11.4 Å². The number of amides is 1. The van der Waals surface area contributed by atoms with Crippen LogP contribution in [0.15, 0.2) is 24.3 Å². The first-order valence-electron chi connectivity index (χ1n) is 7.06. The van der Waals surface area contributed by atoms with E-state index in [1.807, 2.05) is 0 Å². The Morgan fingerprint density at radius 1 is 1.32 bits per heavy atom. The lowest BCUT2D eigenvalue weighted by atomic mass is 9.87. The molecule has 0 heterocycles. The lowest BCUT2D eigenvalue weighted by Gasteiger charge is -2.23. The van der Waals surface area contributed by atoms with Crippen molar-refractivity contribution in [3.8, 4) is 0 Å². The molecular formula is C16H22FNO4. The molecule has 0 radical (unpaired) electrons. The van der Waals surface area contributed by atoms with Gasteiger partial charge in [0.25, 0.3) is 0 Å². The first kappa shape index (κ1) is 17.9. The minimum Gasteiger partial charge on any atom is -0.481 e. The first-order chi connectivity index (χ1) is 10.1. The molecular weight excluding hydrogens is 289 g/mol. The molecule has 6 heteroatoms. The predicted molar refractivity (Wildman–Crippen MR) is 80.2 cm³/mol. The fraction of sp³-hybridized carbons (Fsp3) is 0.500. The van der Waals surface area contributed by atoms with Crippen LogP contribution in [0.25, 0.3) is 0 Å².